The van der Waals surface area contributed by atoms with E-state index in [0.29, 0.717) is 56.1 Å². The number of methoxy groups -OCH3 is 2. The number of carbonyl (C=O) groups excluding carboxylic acids is 2. The van der Waals surface area contributed by atoms with Gasteiger partial charge in [-0.15, -0.1) is 0 Å². The monoisotopic (exact) mass is 392 g/mol. The molecule has 0 bridgehead atoms. The van der Waals surface area contributed by atoms with Crippen molar-refractivity contribution in [2.75, 3.05) is 40.5 Å². The smallest absolute Gasteiger partial charge is 0.253 e. The van der Waals surface area contributed by atoms with Crippen molar-refractivity contribution in [3.63, 3.8) is 0 Å². The normalized spacial score (nSPS) is 14.8. The molecule has 0 aromatic heterocycles. The van der Waals surface area contributed by atoms with Gasteiger partial charge >= 0.3 is 0 Å². The van der Waals surface area contributed by atoms with Gasteiger partial charge in [-0.2, -0.15) is 0 Å². The molecule has 0 aliphatic carbocycles. The highest BCUT2D eigenvalue weighted by molar-refractivity contribution is 5.95. The minimum absolute atomic E-state index is 0.0412. The maximum Gasteiger partial charge on any atom is 0.253 e. The second-order valence-corrected chi connectivity index (χ2v) is 7.20. The minimum Gasteiger partial charge on any atom is -0.493 e. The fraction of sp³-hybridized carbons (Fsp3) is 0.619. The Balaban J connectivity index is 1.79. The van der Waals surface area contributed by atoms with E-state index in [2.05, 4.69) is 5.32 Å². The van der Waals surface area contributed by atoms with E-state index in [-0.39, 0.29) is 23.8 Å². The van der Waals surface area contributed by atoms with E-state index in [9.17, 15) is 9.59 Å². The number of nitrogens with zero attached hydrogens (tertiary/aromatic N) is 1. The maximum atomic E-state index is 12.8. The van der Waals surface area contributed by atoms with Crippen LogP contribution in [0.25, 0.3) is 0 Å². The van der Waals surface area contributed by atoms with Gasteiger partial charge in [0.15, 0.2) is 11.5 Å². The van der Waals surface area contributed by atoms with Crippen LogP contribution in [0.4, 0.5) is 0 Å². The summed E-state index contributed by atoms with van der Waals surface area (Å²) >= 11 is 0. The number of benzene rings is 1. The van der Waals surface area contributed by atoms with Gasteiger partial charge in [0.05, 0.1) is 20.3 Å². The van der Waals surface area contributed by atoms with Crippen molar-refractivity contribution in [1.82, 2.24) is 10.2 Å². The Morgan fingerprint density at radius 2 is 1.82 bits per heavy atom. The highest BCUT2D eigenvalue weighted by atomic mass is 16.5. The van der Waals surface area contributed by atoms with Crippen LogP contribution >= 0.6 is 0 Å². The first-order valence-electron chi connectivity index (χ1n) is 9.86. The molecule has 0 radical (unpaired) electrons. The van der Waals surface area contributed by atoms with Crippen molar-refractivity contribution in [3.8, 4) is 11.5 Å². The summed E-state index contributed by atoms with van der Waals surface area (Å²) in [5.74, 6) is 1.10. The molecular formula is C21H32N2O5. The zero-order valence-electron chi connectivity index (χ0n) is 17.3. The second-order valence-electron chi connectivity index (χ2n) is 7.20. The number of ether oxygens (including phenoxy) is 3. The van der Waals surface area contributed by atoms with Gasteiger partial charge in [0, 0.05) is 37.7 Å². The molecule has 1 aliphatic rings. The van der Waals surface area contributed by atoms with E-state index >= 15 is 0 Å². The summed E-state index contributed by atoms with van der Waals surface area (Å²) in [5, 5.41) is 2.98. The van der Waals surface area contributed by atoms with Crippen LogP contribution in [0.1, 0.15) is 43.5 Å². The van der Waals surface area contributed by atoms with Crippen molar-refractivity contribution in [2.45, 2.75) is 39.2 Å². The van der Waals surface area contributed by atoms with Crippen LogP contribution in [-0.2, 0) is 9.53 Å². The number of piperidine rings is 1. The summed E-state index contributed by atoms with van der Waals surface area (Å²) in [6.45, 7) is 6.40. The Morgan fingerprint density at radius 1 is 1.14 bits per heavy atom. The van der Waals surface area contributed by atoms with Gasteiger partial charge in [-0.05, 0) is 51.3 Å². The van der Waals surface area contributed by atoms with E-state index in [1.54, 1.807) is 37.3 Å². The third-order valence-corrected chi connectivity index (χ3v) is 4.85. The van der Waals surface area contributed by atoms with Crippen LogP contribution < -0.4 is 14.8 Å². The Kier molecular flexibility index (Phi) is 8.57. The Morgan fingerprint density at radius 3 is 2.43 bits per heavy atom. The number of hydrogen-bond acceptors (Lipinski definition) is 5. The standard InChI is InChI=1S/C21H32N2O5/c1-15(2)28-13-5-10-22-20(24)16-8-11-23(12-9-16)21(25)17-6-7-18(26-3)19(14-17)27-4/h6-7,14-16H,5,8-13H2,1-4H3,(H,22,24). The minimum atomic E-state index is -0.0503. The lowest BCUT2D eigenvalue weighted by Crippen LogP contribution is -2.43. The predicted octanol–water partition coefficient (Wildman–Crippen LogP) is 2.49. The van der Waals surface area contributed by atoms with Crippen molar-refractivity contribution in [3.05, 3.63) is 23.8 Å². The van der Waals surface area contributed by atoms with E-state index in [0.717, 1.165) is 6.42 Å². The van der Waals surface area contributed by atoms with Crippen molar-refractivity contribution in [2.24, 2.45) is 5.92 Å². The summed E-state index contributed by atoms with van der Waals surface area (Å²) < 4.78 is 16.0. The molecule has 0 saturated carbocycles. The van der Waals surface area contributed by atoms with Gasteiger partial charge in [-0.25, -0.2) is 0 Å². The molecule has 1 saturated heterocycles. The third kappa shape index (κ3) is 6.12. The fourth-order valence-corrected chi connectivity index (χ4v) is 3.24. The van der Waals surface area contributed by atoms with Gasteiger partial charge < -0.3 is 24.4 Å². The SMILES string of the molecule is COc1ccc(C(=O)N2CCC(C(=O)NCCCOC(C)C)CC2)cc1OC. The molecule has 7 nitrogen and oxygen atoms in total. The van der Waals surface area contributed by atoms with Crippen LogP contribution in [0.3, 0.4) is 0 Å². The number of likely N-dealkylation sites (tertiary alicyclic amines) is 1. The molecule has 2 amide bonds. The number of nitrogens with one attached hydrogen (secondary N) is 1. The average molecular weight is 392 g/mol. The van der Waals surface area contributed by atoms with Crippen molar-refractivity contribution < 1.29 is 23.8 Å². The summed E-state index contributed by atoms with van der Waals surface area (Å²) in [7, 11) is 3.11. The highest BCUT2D eigenvalue weighted by Gasteiger charge is 2.28. The van der Waals surface area contributed by atoms with Gasteiger partial charge in [0.25, 0.3) is 5.91 Å². The molecule has 156 valence electrons. The molecule has 1 fully saturated rings. The lowest BCUT2D eigenvalue weighted by atomic mass is 9.95. The van der Waals surface area contributed by atoms with E-state index in [1.807, 2.05) is 13.8 Å². The second kappa shape index (κ2) is 10.9. The number of rotatable bonds is 9. The number of amides is 2. The highest BCUT2D eigenvalue weighted by Crippen LogP contribution is 2.28. The van der Waals surface area contributed by atoms with Gasteiger partial charge in [-0.1, -0.05) is 0 Å². The van der Waals surface area contributed by atoms with E-state index < -0.39 is 0 Å². The lowest BCUT2D eigenvalue weighted by molar-refractivity contribution is -0.126. The summed E-state index contributed by atoms with van der Waals surface area (Å²) in [5.41, 5.74) is 0.561. The van der Waals surface area contributed by atoms with Crippen molar-refractivity contribution in [1.29, 1.82) is 0 Å². The molecule has 1 aromatic rings. The third-order valence-electron chi connectivity index (χ3n) is 4.85. The zero-order valence-corrected chi connectivity index (χ0v) is 17.3. The molecule has 1 heterocycles. The zero-order chi connectivity index (χ0) is 20.5. The predicted molar refractivity (Wildman–Crippen MR) is 107 cm³/mol. The molecule has 1 aromatic carbocycles. The molecular weight excluding hydrogens is 360 g/mol. The summed E-state index contributed by atoms with van der Waals surface area (Å²) in [6.07, 6.45) is 2.37. The van der Waals surface area contributed by atoms with E-state index in [1.165, 1.54) is 0 Å². The first-order valence-corrected chi connectivity index (χ1v) is 9.86. The lowest BCUT2D eigenvalue weighted by Gasteiger charge is -2.31. The van der Waals surface area contributed by atoms with Crippen LogP contribution in [0.2, 0.25) is 0 Å². The van der Waals surface area contributed by atoms with Crippen LogP contribution in [0.15, 0.2) is 18.2 Å². The average Bonchev–Trinajstić information content (AvgIpc) is 2.72. The van der Waals surface area contributed by atoms with Gasteiger partial charge in [0.2, 0.25) is 5.91 Å². The van der Waals surface area contributed by atoms with Crippen LogP contribution in [-0.4, -0.2) is 63.3 Å². The summed E-state index contributed by atoms with van der Waals surface area (Å²) in [4.78, 5) is 26.9. The molecule has 0 spiro atoms. The summed E-state index contributed by atoms with van der Waals surface area (Å²) in [6, 6.07) is 5.16. The molecule has 1 aliphatic heterocycles. The quantitative estimate of drug-likeness (QED) is 0.654. The van der Waals surface area contributed by atoms with Gasteiger partial charge in [0.1, 0.15) is 0 Å². The topological polar surface area (TPSA) is 77.1 Å². The fourth-order valence-electron chi connectivity index (χ4n) is 3.24. The van der Waals surface area contributed by atoms with Crippen LogP contribution in [0, 0.1) is 5.92 Å². The molecule has 0 atom stereocenters. The molecule has 1 N–H and O–H groups in total. The number of carbonyl (C=O) groups is 2. The van der Waals surface area contributed by atoms with E-state index in [4.69, 9.17) is 14.2 Å². The number of hydrogen-bond donors (Lipinski definition) is 1. The Hall–Kier alpha value is -2.28. The molecule has 0 unspecified atom stereocenters. The molecule has 2 rings (SSSR count). The Bertz CT molecular complexity index is 654. The molecule has 7 heteroatoms. The molecule has 28 heavy (non-hydrogen) atoms. The van der Waals surface area contributed by atoms with Crippen molar-refractivity contribution >= 4 is 11.8 Å². The first kappa shape index (κ1) is 22.0. The first-order chi connectivity index (χ1) is 13.5. The van der Waals surface area contributed by atoms with Gasteiger partial charge in [-0.3, -0.25) is 9.59 Å². The van der Waals surface area contributed by atoms with Crippen LogP contribution in [0.5, 0.6) is 11.5 Å². The maximum absolute atomic E-state index is 12.8. The Labute approximate surface area is 167 Å². The largest absolute Gasteiger partial charge is 0.493 e.